The van der Waals surface area contributed by atoms with Crippen molar-refractivity contribution in [1.82, 2.24) is 20.4 Å². The van der Waals surface area contributed by atoms with Crippen LogP contribution in [0.25, 0.3) is 0 Å². The van der Waals surface area contributed by atoms with Crippen LogP contribution in [0.2, 0.25) is 0 Å². The minimum Gasteiger partial charge on any atom is -0.373 e. The number of rotatable bonds is 5. The van der Waals surface area contributed by atoms with Gasteiger partial charge in [-0.25, -0.2) is 0 Å². The Morgan fingerprint density at radius 2 is 2.18 bits per heavy atom. The fourth-order valence-electron chi connectivity index (χ4n) is 2.95. The van der Waals surface area contributed by atoms with E-state index in [1.807, 2.05) is 11.7 Å². The number of hydrogen-bond acceptors (Lipinski definition) is 3. The molecule has 2 N–H and O–H groups in total. The van der Waals surface area contributed by atoms with Crippen LogP contribution in [0.15, 0.2) is 4.99 Å². The highest BCUT2D eigenvalue weighted by Crippen LogP contribution is 2.23. The van der Waals surface area contributed by atoms with Crippen molar-refractivity contribution in [3.63, 3.8) is 0 Å². The van der Waals surface area contributed by atoms with Gasteiger partial charge in [-0.05, 0) is 45.6 Å². The second-order valence-corrected chi connectivity index (χ2v) is 6.28. The maximum absolute atomic E-state index is 5.79. The number of nitrogens with one attached hydrogen (secondary N) is 2. The molecule has 1 unspecified atom stereocenters. The van der Waals surface area contributed by atoms with Gasteiger partial charge in [-0.1, -0.05) is 0 Å². The molecular formula is C16H29N5O. The molecule has 1 fully saturated rings. The van der Waals surface area contributed by atoms with Crippen LogP contribution in [0.5, 0.6) is 0 Å². The molecule has 0 aliphatic carbocycles. The van der Waals surface area contributed by atoms with Gasteiger partial charge in [0.15, 0.2) is 5.96 Å². The first-order valence-corrected chi connectivity index (χ1v) is 8.03. The summed E-state index contributed by atoms with van der Waals surface area (Å²) in [6, 6.07) is 0. The van der Waals surface area contributed by atoms with Crippen molar-refractivity contribution in [2.24, 2.45) is 12.0 Å². The highest BCUT2D eigenvalue weighted by atomic mass is 16.5. The molecular weight excluding hydrogens is 278 g/mol. The third-order valence-corrected chi connectivity index (χ3v) is 4.48. The van der Waals surface area contributed by atoms with Gasteiger partial charge >= 0.3 is 0 Å². The summed E-state index contributed by atoms with van der Waals surface area (Å²) in [6.07, 6.45) is 3.19. The molecule has 0 spiro atoms. The topological polar surface area (TPSA) is 63.5 Å². The molecule has 0 amide bonds. The molecule has 1 saturated heterocycles. The maximum Gasteiger partial charge on any atom is 0.191 e. The number of nitrogens with zero attached hydrogens (tertiary/aromatic N) is 3. The Kier molecular flexibility index (Phi) is 5.45. The van der Waals surface area contributed by atoms with Crippen molar-refractivity contribution in [2.45, 2.75) is 45.6 Å². The van der Waals surface area contributed by atoms with Crippen LogP contribution in [0, 0.1) is 13.8 Å². The second-order valence-electron chi connectivity index (χ2n) is 6.28. The molecule has 2 heterocycles. The lowest BCUT2D eigenvalue weighted by Gasteiger charge is -2.24. The van der Waals surface area contributed by atoms with Crippen LogP contribution in [0.1, 0.15) is 36.7 Å². The summed E-state index contributed by atoms with van der Waals surface area (Å²) in [5, 5.41) is 11.2. The Bertz CT molecular complexity index is 529. The molecule has 22 heavy (non-hydrogen) atoms. The lowest BCUT2D eigenvalue weighted by atomic mass is 10.0. The van der Waals surface area contributed by atoms with Crippen LogP contribution in [0.4, 0.5) is 0 Å². The lowest BCUT2D eigenvalue weighted by Crippen LogP contribution is -2.46. The summed E-state index contributed by atoms with van der Waals surface area (Å²) in [5.41, 5.74) is 3.59. The normalized spacial score (nSPS) is 22.1. The van der Waals surface area contributed by atoms with Gasteiger partial charge in [-0.15, -0.1) is 0 Å². The number of guanidine groups is 1. The molecule has 0 aromatic carbocycles. The molecule has 1 aromatic heterocycles. The zero-order valence-corrected chi connectivity index (χ0v) is 14.5. The highest BCUT2D eigenvalue weighted by molar-refractivity contribution is 5.79. The molecule has 6 heteroatoms. The first kappa shape index (κ1) is 16.8. The van der Waals surface area contributed by atoms with Gasteiger partial charge in [0.2, 0.25) is 0 Å². The van der Waals surface area contributed by atoms with Crippen LogP contribution in [-0.4, -0.2) is 48.1 Å². The van der Waals surface area contributed by atoms with Gasteiger partial charge in [0.05, 0.1) is 11.3 Å². The first-order chi connectivity index (χ1) is 10.4. The fraction of sp³-hybridized carbons (Fsp3) is 0.750. The molecule has 124 valence electrons. The zero-order chi connectivity index (χ0) is 16.2. The van der Waals surface area contributed by atoms with Gasteiger partial charge in [-0.2, -0.15) is 5.10 Å². The Balaban J connectivity index is 1.79. The average molecular weight is 307 g/mol. The van der Waals surface area contributed by atoms with Gasteiger partial charge < -0.3 is 15.4 Å². The molecule has 1 atom stereocenters. The number of aromatic nitrogens is 2. The standard InChI is InChI=1S/C16H29N5O/c1-12-14(13(2)21(5)20-12)7-9-18-15(17-4)19-11-16(3)8-6-10-22-16/h6-11H2,1-5H3,(H2,17,18,19). The molecule has 6 nitrogen and oxygen atoms in total. The Hall–Kier alpha value is -1.56. The van der Waals surface area contributed by atoms with E-state index in [4.69, 9.17) is 4.74 Å². The molecule has 2 rings (SSSR count). The smallest absolute Gasteiger partial charge is 0.191 e. The van der Waals surface area contributed by atoms with E-state index in [0.29, 0.717) is 0 Å². The fourth-order valence-corrected chi connectivity index (χ4v) is 2.95. The van der Waals surface area contributed by atoms with E-state index in [2.05, 4.69) is 41.5 Å². The number of ether oxygens (including phenoxy) is 1. The quantitative estimate of drug-likeness (QED) is 0.636. The third-order valence-electron chi connectivity index (χ3n) is 4.48. The van der Waals surface area contributed by atoms with Crippen molar-refractivity contribution in [3.8, 4) is 0 Å². The molecule has 0 bridgehead atoms. The Morgan fingerprint density at radius 3 is 2.73 bits per heavy atom. The summed E-state index contributed by atoms with van der Waals surface area (Å²) in [4.78, 5) is 4.28. The molecule has 1 aliphatic rings. The molecule has 1 aromatic rings. The first-order valence-electron chi connectivity index (χ1n) is 8.03. The third kappa shape index (κ3) is 4.00. The summed E-state index contributed by atoms with van der Waals surface area (Å²) in [5.74, 6) is 0.830. The van der Waals surface area contributed by atoms with E-state index in [1.54, 1.807) is 7.05 Å². The second kappa shape index (κ2) is 7.13. The number of hydrogen-bond donors (Lipinski definition) is 2. The molecule has 0 radical (unpaired) electrons. The summed E-state index contributed by atoms with van der Waals surface area (Å²) < 4.78 is 7.73. The van der Waals surface area contributed by atoms with Crippen molar-refractivity contribution < 1.29 is 4.74 Å². The monoisotopic (exact) mass is 307 g/mol. The Labute approximate surface area is 133 Å². The predicted octanol–water partition coefficient (Wildman–Crippen LogP) is 1.31. The van der Waals surface area contributed by atoms with E-state index in [0.717, 1.165) is 50.6 Å². The van der Waals surface area contributed by atoms with Crippen LogP contribution >= 0.6 is 0 Å². The van der Waals surface area contributed by atoms with E-state index >= 15 is 0 Å². The molecule has 0 saturated carbocycles. The van der Waals surface area contributed by atoms with E-state index in [-0.39, 0.29) is 5.60 Å². The van der Waals surface area contributed by atoms with Gasteiger partial charge in [-0.3, -0.25) is 9.67 Å². The minimum atomic E-state index is -0.0614. The minimum absolute atomic E-state index is 0.0614. The van der Waals surface area contributed by atoms with Crippen molar-refractivity contribution in [2.75, 3.05) is 26.7 Å². The summed E-state index contributed by atoms with van der Waals surface area (Å²) in [6.45, 7) is 8.82. The largest absolute Gasteiger partial charge is 0.373 e. The summed E-state index contributed by atoms with van der Waals surface area (Å²) >= 11 is 0. The average Bonchev–Trinajstić information content (AvgIpc) is 3.01. The van der Waals surface area contributed by atoms with Gasteiger partial charge in [0.1, 0.15) is 0 Å². The van der Waals surface area contributed by atoms with Crippen molar-refractivity contribution in [1.29, 1.82) is 0 Å². The van der Waals surface area contributed by atoms with E-state index < -0.39 is 0 Å². The maximum atomic E-state index is 5.79. The number of aryl methyl sites for hydroxylation is 2. The van der Waals surface area contributed by atoms with Gasteiger partial charge in [0.25, 0.3) is 0 Å². The van der Waals surface area contributed by atoms with Crippen LogP contribution in [0.3, 0.4) is 0 Å². The van der Waals surface area contributed by atoms with E-state index in [1.165, 1.54) is 11.3 Å². The highest BCUT2D eigenvalue weighted by Gasteiger charge is 2.29. The lowest BCUT2D eigenvalue weighted by molar-refractivity contribution is 0.0243. The van der Waals surface area contributed by atoms with Gasteiger partial charge in [0, 0.05) is 39.5 Å². The van der Waals surface area contributed by atoms with Crippen molar-refractivity contribution >= 4 is 5.96 Å². The number of aliphatic imine (C=N–C) groups is 1. The van der Waals surface area contributed by atoms with E-state index in [9.17, 15) is 0 Å². The van der Waals surface area contributed by atoms with Crippen molar-refractivity contribution in [3.05, 3.63) is 17.0 Å². The summed E-state index contributed by atoms with van der Waals surface area (Å²) in [7, 11) is 3.79. The van der Waals surface area contributed by atoms with Crippen LogP contribution < -0.4 is 10.6 Å². The Morgan fingerprint density at radius 1 is 1.41 bits per heavy atom. The predicted molar refractivity (Wildman–Crippen MR) is 89.3 cm³/mol. The zero-order valence-electron chi connectivity index (χ0n) is 14.5. The van der Waals surface area contributed by atoms with Crippen LogP contribution in [-0.2, 0) is 18.2 Å². The SMILES string of the molecule is CN=C(NCCc1c(C)nn(C)c1C)NCC1(C)CCCO1. The molecule has 1 aliphatic heterocycles.